The summed E-state index contributed by atoms with van der Waals surface area (Å²) in [4.78, 5) is 18.3. The number of rotatable bonds is 4. The van der Waals surface area contributed by atoms with Crippen LogP contribution < -0.4 is 0 Å². The minimum absolute atomic E-state index is 0.0668. The summed E-state index contributed by atoms with van der Waals surface area (Å²) in [7, 11) is -3.20. The molecule has 2 saturated heterocycles. The predicted octanol–water partition coefficient (Wildman–Crippen LogP) is 0.805. The summed E-state index contributed by atoms with van der Waals surface area (Å²) < 4.78 is 45.6. The van der Waals surface area contributed by atoms with Crippen LogP contribution in [0.2, 0.25) is 0 Å². The Hall–Kier alpha value is -1.58. The number of ether oxygens (including phenoxy) is 1. The number of halogens is 1. The lowest BCUT2D eigenvalue weighted by Gasteiger charge is -2.38. The first-order valence-corrected chi connectivity index (χ1v) is 10.9. The largest absolute Gasteiger partial charge is 0.375 e. The molecule has 0 radical (unpaired) electrons. The van der Waals surface area contributed by atoms with Gasteiger partial charge in [0.05, 0.1) is 30.6 Å². The van der Waals surface area contributed by atoms with Crippen LogP contribution in [-0.2, 0) is 26.0 Å². The summed E-state index contributed by atoms with van der Waals surface area (Å²) in [5.41, 5.74) is 0.534. The number of pyridine rings is 1. The zero-order valence-electron chi connectivity index (χ0n) is 15.1. The van der Waals surface area contributed by atoms with E-state index in [1.54, 1.807) is 9.21 Å². The number of sulfonamides is 1. The Morgan fingerprint density at radius 2 is 2.04 bits per heavy atom. The first kappa shape index (κ1) is 18.8. The number of piperidine rings is 1. The molecule has 1 saturated carbocycles. The number of carbonyl (C=O) groups is 1. The summed E-state index contributed by atoms with van der Waals surface area (Å²) in [6.45, 7) is 2.25. The number of nitrogens with zero attached hydrogens (tertiary/aromatic N) is 3. The van der Waals surface area contributed by atoms with E-state index in [-0.39, 0.29) is 29.6 Å². The van der Waals surface area contributed by atoms with Crippen molar-refractivity contribution >= 4 is 15.9 Å². The van der Waals surface area contributed by atoms with Crippen LogP contribution in [0.3, 0.4) is 0 Å². The lowest BCUT2D eigenvalue weighted by atomic mass is 9.93. The highest BCUT2D eigenvalue weighted by atomic mass is 32.2. The average molecular weight is 397 g/mol. The molecule has 27 heavy (non-hydrogen) atoms. The molecule has 2 aliphatic heterocycles. The number of hydrogen-bond donors (Lipinski definition) is 0. The molecule has 1 aromatic heterocycles. The van der Waals surface area contributed by atoms with Crippen LogP contribution in [0.15, 0.2) is 18.3 Å². The second-order valence-corrected chi connectivity index (χ2v) is 9.76. The fourth-order valence-electron chi connectivity index (χ4n) is 3.83. The molecule has 0 N–H and O–H groups in total. The van der Waals surface area contributed by atoms with Crippen LogP contribution >= 0.6 is 0 Å². The van der Waals surface area contributed by atoms with Gasteiger partial charge in [-0.1, -0.05) is 0 Å². The number of aromatic nitrogens is 1. The zero-order valence-corrected chi connectivity index (χ0v) is 15.9. The van der Waals surface area contributed by atoms with Crippen molar-refractivity contribution in [3.8, 4) is 0 Å². The van der Waals surface area contributed by atoms with Gasteiger partial charge >= 0.3 is 0 Å². The maximum Gasteiger partial charge on any atom is 0.228 e. The molecule has 0 aromatic carbocycles. The van der Waals surface area contributed by atoms with Gasteiger partial charge in [-0.2, -0.15) is 4.31 Å². The lowest BCUT2D eigenvalue weighted by Crippen LogP contribution is -2.50. The molecule has 7 nitrogen and oxygen atoms in total. The van der Waals surface area contributed by atoms with Crippen molar-refractivity contribution in [1.29, 1.82) is 0 Å². The van der Waals surface area contributed by atoms with E-state index in [4.69, 9.17) is 4.74 Å². The van der Waals surface area contributed by atoms with Crippen LogP contribution in [-0.4, -0.2) is 72.7 Å². The predicted molar refractivity (Wildman–Crippen MR) is 95.8 cm³/mol. The topological polar surface area (TPSA) is 79.8 Å². The number of amides is 1. The van der Waals surface area contributed by atoms with E-state index in [9.17, 15) is 17.6 Å². The third kappa shape index (κ3) is 4.14. The van der Waals surface area contributed by atoms with Crippen molar-refractivity contribution in [2.75, 3.05) is 32.8 Å². The highest BCUT2D eigenvalue weighted by Gasteiger charge is 2.43. The molecule has 1 aromatic rings. The minimum atomic E-state index is -3.20. The Balaban J connectivity index is 1.37. The molecular formula is C18H24FN3O4S. The van der Waals surface area contributed by atoms with Crippen molar-refractivity contribution in [1.82, 2.24) is 14.2 Å². The molecule has 0 bridgehead atoms. The monoisotopic (exact) mass is 397 g/mol. The SMILES string of the molecule is O=C(Cc1ccc(F)cn1)N1CC[C@@H]2CN(S(=O)(=O)C3CC3)CCO[C@@H]2C1. The van der Waals surface area contributed by atoms with E-state index in [0.29, 0.717) is 44.9 Å². The normalized spacial score (nSPS) is 27.1. The number of likely N-dealkylation sites (tertiary alicyclic amines) is 1. The van der Waals surface area contributed by atoms with E-state index in [1.807, 2.05) is 0 Å². The molecule has 1 aliphatic carbocycles. The third-order valence-electron chi connectivity index (χ3n) is 5.59. The van der Waals surface area contributed by atoms with Crippen LogP contribution in [0.4, 0.5) is 4.39 Å². The van der Waals surface area contributed by atoms with Crippen LogP contribution in [0.5, 0.6) is 0 Å². The molecule has 148 valence electrons. The Morgan fingerprint density at radius 3 is 2.74 bits per heavy atom. The van der Waals surface area contributed by atoms with Gasteiger partial charge in [0, 0.05) is 37.8 Å². The number of carbonyl (C=O) groups excluding carboxylic acids is 1. The van der Waals surface area contributed by atoms with Crippen molar-refractivity contribution < 1.29 is 22.3 Å². The summed E-state index contributed by atoms with van der Waals surface area (Å²) in [6.07, 6.45) is 3.31. The van der Waals surface area contributed by atoms with Gasteiger partial charge in [0.15, 0.2) is 0 Å². The molecule has 3 fully saturated rings. The Labute approximate surface area is 158 Å². The summed E-state index contributed by atoms with van der Waals surface area (Å²) >= 11 is 0. The van der Waals surface area contributed by atoms with Crippen molar-refractivity contribution in [3.63, 3.8) is 0 Å². The van der Waals surface area contributed by atoms with Gasteiger partial charge in [-0.15, -0.1) is 0 Å². The van der Waals surface area contributed by atoms with Gasteiger partial charge in [0.25, 0.3) is 0 Å². The van der Waals surface area contributed by atoms with Gasteiger partial charge < -0.3 is 9.64 Å². The second kappa shape index (κ2) is 7.44. The molecule has 1 amide bonds. The smallest absolute Gasteiger partial charge is 0.228 e. The first-order valence-electron chi connectivity index (χ1n) is 9.42. The highest BCUT2D eigenvalue weighted by molar-refractivity contribution is 7.90. The van der Waals surface area contributed by atoms with Crippen LogP contribution in [0, 0.1) is 11.7 Å². The van der Waals surface area contributed by atoms with Crippen molar-refractivity contribution in [3.05, 3.63) is 29.8 Å². The van der Waals surface area contributed by atoms with E-state index in [1.165, 1.54) is 12.1 Å². The maximum absolute atomic E-state index is 13.0. The second-order valence-electron chi connectivity index (χ2n) is 7.54. The highest BCUT2D eigenvalue weighted by Crippen LogP contribution is 2.33. The molecule has 3 aliphatic rings. The quantitative estimate of drug-likeness (QED) is 0.751. The van der Waals surface area contributed by atoms with Gasteiger partial charge in [0.1, 0.15) is 5.82 Å². The van der Waals surface area contributed by atoms with E-state index < -0.39 is 15.8 Å². The van der Waals surface area contributed by atoms with Crippen LogP contribution in [0.25, 0.3) is 0 Å². The molecule has 9 heteroatoms. The minimum Gasteiger partial charge on any atom is -0.375 e. The number of fused-ring (bicyclic) bond motifs is 1. The Morgan fingerprint density at radius 1 is 1.22 bits per heavy atom. The Bertz CT molecular complexity index is 797. The molecule has 4 rings (SSSR count). The molecule has 2 atom stereocenters. The fourth-order valence-corrected chi connectivity index (χ4v) is 5.72. The van der Waals surface area contributed by atoms with Crippen molar-refractivity contribution in [2.45, 2.75) is 37.0 Å². The average Bonchev–Trinajstić information content (AvgIpc) is 3.49. The summed E-state index contributed by atoms with van der Waals surface area (Å²) in [5, 5.41) is -0.209. The zero-order chi connectivity index (χ0) is 19.0. The third-order valence-corrected chi connectivity index (χ3v) is 7.95. The molecule has 0 spiro atoms. The molecular weight excluding hydrogens is 373 g/mol. The fraction of sp³-hybridized carbons (Fsp3) is 0.667. The lowest BCUT2D eigenvalue weighted by molar-refractivity contribution is -0.136. The summed E-state index contributed by atoms with van der Waals surface area (Å²) in [5.74, 6) is -0.388. The van der Waals surface area contributed by atoms with E-state index in [0.717, 1.165) is 19.0 Å². The van der Waals surface area contributed by atoms with E-state index >= 15 is 0 Å². The molecule has 0 unspecified atom stereocenters. The van der Waals surface area contributed by atoms with Crippen molar-refractivity contribution in [2.24, 2.45) is 5.92 Å². The maximum atomic E-state index is 13.0. The number of hydrogen-bond acceptors (Lipinski definition) is 5. The Kier molecular flexibility index (Phi) is 5.17. The van der Waals surface area contributed by atoms with Gasteiger partial charge in [-0.3, -0.25) is 9.78 Å². The van der Waals surface area contributed by atoms with E-state index in [2.05, 4.69) is 4.98 Å². The van der Waals surface area contributed by atoms with Gasteiger partial charge in [-0.25, -0.2) is 12.8 Å². The summed E-state index contributed by atoms with van der Waals surface area (Å²) in [6, 6.07) is 2.81. The standard InChI is InChI=1S/C18H24FN3O4S/c19-14-1-2-15(20-10-14)9-18(23)21-6-5-13-11-22(7-8-26-17(13)12-21)27(24,25)16-3-4-16/h1-2,10,13,16-17H,3-9,11-12H2/t13-,17-/m1/s1. The van der Waals surface area contributed by atoms with Gasteiger partial charge in [0.2, 0.25) is 15.9 Å². The first-order chi connectivity index (χ1) is 12.9. The van der Waals surface area contributed by atoms with Gasteiger partial charge in [-0.05, 0) is 31.4 Å². The van der Waals surface area contributed by atoms with Crippen LogP contribution in [0.1, 0.15) is 25.0 Å². The molecule has 3 heterocycles.